The zero-order chi connectivity index (χ0) is 46.7. The van der Waals surface area contributed by atoms with Gasteiger partial charge in [0.1, 0.15) is 12.7 Å². The number of aliphatic hydroxyl groups excluding tert-OH is 4. The number of ether oxygens (including phenoxy) is 2. The van der Waals surface area contributed by atoms with Crippen LogP contribution in [0.25, 0.3) is 0 Å². The molecule has 5 atom stereocenters. The monoisotopic (exact) mass is 911 g/mol. The molecule has 5 N–H and O–H groups in total. The van der Waals surface area contributed by atoms with Gasteiger partial charge in [0.2, 0.25) is 0 Å². The molecule has 0 amide bonds. The molecule has 0 fully saturated rings. The number of allylic oxidation sites excluding steroid dienone is 8. The third kappa shape index (κ3) is 44.3. The average molecular weight is 911 g/mol. The molecule has 0 rings (SSSR count). The van der Waals surface area contributed by atoms with Crippen molar-refractivity contribution in [1.29, 1.82) is 0 Å². The number of carbonyl (C=O) groups is 2. The predicted molar refractivity (Wildman–Crippen MR) is 254 cm³/mol. The van der Waals surface area contributed by atoms with Crippen LogP contribution in [0, 0.1) is 5.92 Å². The standard InChI is InChI=1S/C50H87O12P/c1-4-5-26-34-45(52)35-28-22-18-16-19-23-29-36-46(53)37-30-25-32-38-49(55)59-42-48(43-61-63(57,58)60-41-47(54)40-51)62-50(56)39-31-24-20-15-13-11-9-7-6-8-10-12-14-17-21-27-33-44(2)3/h5,18-19,22-23,26,28-30,35-37,44-48,51-54H,4,6-17,20-21,24-25,27,31-34,38-43H2,1-3H3,(H,57,58)/b22-18-,23-19-,26-5-,35-28+,36-29+,37-30-/t45-,46-,47+,48-/m1/s1. The maximum Gasteiger partial charge on any atom is 0.472 e. The van der Waals surface area contributed by atoms with Crippen LogP contribution in [0.4, 0.5) is 0 Å². The quantitative estimate of drug-likeness (QED) is 0.0128. The molecule has 0 aromatic heterocycles. The summed E-state index contributed by atoms with van der Waals surface area (Å²) in [7, 11) is -4.67. The van der Waals surface area contributed by atoms with Crippen LogP contribution >= 0.6 is 7.82 Å². The third-order valence-corrected chi connectivity index (χ3v) is 10.9. The zero-order valence-corrected chi connectivity index (χ0v) is 40.0. The molecule has 0 aliphatic rings. The van der Waals surface area contributed by atoms with Crippen molar-refractivity contribution >= 4 is 19.8 Å². The Labute approximate surface area is 381 Å². The highest BCUT2D eigenvalue weighted by Gasteiger charge is 2.27. The van der Waals surface area contributed by atoms with Gasteiger partial charge in [-0.25, -0.2) is 4.57 Å². The van der Waals surface area contributed by atoms with E-state index in [1.54, 1.807) is 30.4 Å². The first-order valence-electron chi connectivity index (χ1n) is 24.0. The summed E-state index contributed by atoms with van der Waals surface area (Å²) in [5.74, 6) is -0.286. The number of carbonyl (C=O) groups excluding carboxylic acids is 2. The molecule has 0 aromatic carbocycles. The molecular weight excluding hydrogens is 824 g/mol. The Morgan fingerprint density at radius 2 is 1.14 bits per heavy atom. The van der Waals surface area contributed by atoms with Crippen molar-refractivity contribution in [3.05, 3.63) is 72.9 Å². The number of rotatable bonds is 43. The summed E-state index contributed by atoms with van der Waals surface area (Å²) in [5.41, 5.74) is 0. The van der Waals surface area contributed by atoms with E-state index in [4.69, 9.17) is 19.1 Å². The van der Waals surface area contributed by atoms with Crippen LogP contribution in [0.1, 0.15) is 175 Å². The van der Waals surface area contributed by atoms with Crippen molar-refractivity contribution in [2.45, 2.75) is 199 Å². The first-order chi connectivity index (χ1) is 30.4. The van der Waals surface area contributed by atoms with Gasteiger partial charge in [0, 0.05) is 12.8 Å². The van der Waals surface area contributed by atoms with Crippen molar-refractivity contribution in [2.24, 2.45) is 5.92 Å². The van der Waals surface area contributed by atoms with E-state index in [1.807, 2.05) is 42.5 Å². The van der Waals surface area contributed by atoms with Gasteiger partial charge in [-0.15, -0.1) is 0 Å². The lowest BCUT2D eigenvalue weighted by Gasteiger charge is -2.20. The number of aliphatic hydroxyl groups is 4. The van der Waals surface area contributed by atoms with Crippen molar-refractivity contribution in [2.75, 3.05) is 26.4 Å². The minimum atomic E-state index is -4.67. The zero-order valence-electron chi connectivity index (χ0n) is 39.2. The lowest BCUT2D eigenvalue weighted by molar-refractivity contribution is -0.161. The smallest absolute Gasteiger partial charge is 0.462 e. The Bertz CT molecular complexity index is 1320. The van der Waals surface area contributed by atoms with Crippen LogP contribution in [0.5, 0.6) is 0 Å². The fourth-order valence-electron chi connectivity index (χ4n) is 6.27. The molecule has 0 aliphatic heterocycles. The van der Waals surface area contributed by atoms with Gasteiger partial charge in [-0.3, -0.25) is 18.6 Å². The summed E-state index contributed by atoms with van der Waals surface area (Å²) in [6, 6.07) is 0. The molecule has 0 radical (unpaired) electrons. The summed E-state index contributed by atoms with van der Waals surface area (Å²) >= 11 is 0. The summed E-state index contributed by atoms with van der Waals surface area (Å²) < 4.78 is 32.7. The Hall–Kier alpha value is -2.67. The van der Waals surface area contributed by atoms with Crippen molar-refractivity contribution in [1.82, 2.24) is 0 Å². The highest BCUT2D eigenvalue weighted by atomic mass is 31.2. The third-order valence-electron chi connectivity index (χ3n) is 9.98. The average Bonchev–Trinajstić information content (AvgIpc) is 3.25. The van der Waals surface area contributed by atoms with Crippen LogP contribution in [0.3, 0.4) is 0 Å². The second-order valence-electron chi connectivity index (χ2n) is 16.6. The number of unbranched alkanes of at least 4 members (excludes halogenated alkanes) is 16. The van der Waals surface area contributed by atoms with Gasteiger partial charge in [-0.1, -0.05) is 196 Å². The number of phosphoric acid groups is 1. The van der Waals surface area contributed by atoms with Gasteiger partial charge >= 0.3 is 19.8 Å². The minimum absolute atomic E-state index is 0.0532. The van der Waals surface area contributed by atoms with Gasteiger partial charge in [0.05, 0.1) is 32.0 Å². The maximum atomic E-state index is 12.7. The first kappa shape index (κ1) is 60.3. The van der Waals surface area contributed by atoms with E-state index in [2.05, 4.69) is 25.3 Å². The Kier molecular flexibility index (Phi) is 41.4. The van der Waals surface area contributed by atoms with Gasteiger partial charge in [0.15, 0.2) is 6.10 Å². The topological polar surface area (TPSA) is 189 Å². The van der Waals surface area contributed by atoms with Crippen LogP contribution < -0.4 is 0 Å². The van der Waals surface area contributed by atoms with E-state index < -0.39 is 70.6 Å². The molecule has 12 nitrogen and oxygen atoms in total. The molecule has 0 heterocycles. The molecule has 0 aliphatic carbocycles. The molecule has 0 saturated carbocycles. The highest BCUT2D eigenvalue weighted by Crippen LogP contribution is 2.43. The van der Waals surface area contributed by atoms with Gasteiger partial charge in [-0.2, -0.15) is 0 Å². The Morgan fingerprint density at radius 3 is 1.71 bits per heavy atom. The molecule has 0 bridgehead atoms. The molecule has 13 heteroatoms. The molecule has 63 heavy (non-hydrogen) atoms. The van der Waals surface area contributed by atoms with E-state index in [-0.39, 0.29) is 12.8 Å². The fourth-order valence-corrected chi connectivity index (χ4v) is 7.06. The molecule has 0 spiro atoms. The normalized spacial score (nSPS) is 15.4. The SMILES string of the molecule is CC/C=C\C[C@@H](O)/C=C/C=C\C/C=C\C=C\[C@@H](O)/C=C\CCCC(=O)OC[C@H](COP(=O)(O)OC[C@@H](O)CO)OC(=O)CCCCCCCCCCCCCCCCCCC(C)C. The van der Waals surface area contributed by atoms with Crippen LogP contribution in [0.15, 0.2) is 72.9 Å². The maximum absolute atomic E-state index is 12.7. The number of phosphoric ester groups is 1. The van der Waals surface area contributed by atoms with Gasteiger partial charge in [0.25, 0.3) is 0 Å². The highest BCUT2D eigenvalue weighted by molar-refractivity contribution is 7.47. The van der Waals surface area contributed by atoms with E-state index in [1.165, 1.54) is 83.5 Å². The minimum Gasteiger partial charge on any atom is -0.462 e. The molecular formula is C50H87O12P. The van der Waals surface area contributed by atoms with Crippen molar-refractivity contribution in [3.8, 4) is 0 Å². The van der Waals surface area contributed by atoms with Gasteiger partial charge < -0.3 is 34.8 Å². The summed E-state index contributed by atoms with van der Waals surface area (Å²) in [6.45, 7) is 4.32. The summed E-state index contributed by atoms with van der Waals surface area (Å²) in [5, 5.41) is 38.4. The first-order valence-corrected chi connectivity index (χ1v) is 25.5. The number of hydrogen-bond acceptors (Lipinski definition) is 11. The predicted octanol–water partition coefficient (Wildman–Crippen LogP) is 11.0. The Morgan fingerprint density at radius 1 is 0.603 bits per heavy atom. The second-order valence-corrected chi connectivity index (χ2v) is 18.1. The van der Waals surface area contributed by atoms with Crippen molar-refractivity contribution in [3.63, 3.8) is 0 Å². The summed E-state index contributed by atoms with van der Waals surface area (Å²) in [6.07, 6.45) is 42.3. The van der Waals surface area contributed by atoms with Crippen molar-refractivity contribution < 1.29 is 58.0 Å². The molecule has 0 saturated heterocycles. The second kappa shape index (κ2) is 43.2. The lowest BCUT2D eigenvalue weighted by Crippen LogP contribution is -2.29. The lowest BCUT2D eigenvalue weighted by atomic mass is 10.0. The summed E-state index contributed by atoms with van der Waals surface area (Å²) in [4.78, 5) is 35.1. The van der Waals surface area contributed by atoms with Crippen LogP contribution in [0.2, 0.25) is 0 Å². The van der Waals surface area contributed by atoms with E-state index in [0.29, 0.717) is 32.1 Å². The van der Waals surface area contributed by atoms with E-state index >= 15 is 0 Å². The number of hydrogen-bond donors (Lipinski definition) is 5. The largest absolute Gasteiger partial charge is 0.472 e. The van der Waals surface area contributed by atoms with Crippen LogP contribution in [-0.2, 0) is 32.7 Å². The molecule has 364 valence electrons. The van der Waals surface area contributed by atoms with Gasteiger partial charge in [-0.05, 0) is 44.4 Å². The van der Waals surface area contributed by atoms with E-state index in [0.717, 1.165) is 31.6 Å². The number of esters is 2. The molecule has 1 unspecified atom stereocenters. The van der Waals surface area contributed by atoms with Crippen LogP contribution in [-0.4, -0.2) is 88.1 Å². The van der Waals surface area contributed by atoms with E-state index in [9.17, 15) is 34.4 Å². The molecule has 0 aromatic rings. The fraction of sp³-hybridized carbons (Fsp3) is 0.720. The Balaban J connectivity index is 4.45.